The van der Waals surface area contributed by atoms with Gasteiger partial charge in [-0.05, 0) is 51.1 Å². The highest BCUT2D eigenvalue weighted by molar-refractivity contribution is 4.88. The van der Waals surface area contributed by atoms with Crippen LogP contribution in [0.5, 0.6) is 0 Å². The van der Waals surface area contributed by atoms with Gasteiger partial charge in [0.1, 0.15) is 0 Å². The summed E-state index contributed by atoms with van der Waals surface area (Å²) in [6.07, 6.45) is 6.48. The van der Waals surface area contributed by atoms with Crippen molar-refractivity contribution in [1.82, 2.24) is 4.90 Å². The Morgan fingerprint density at radius 1 is 1.31 bits per heavy atom. The summed E-state index contributed by atoms with van der Waals surface area (Å²) in [5.74, 6) is 1.70. The van der Waals surface area contributed by atoms with Gasteiger partial charge in [0.2, 0.25) is 0 Å². The Labute approximate surface area is 102 Å². The number of nitrogens with zero attached hydrogens (tertiary/aromatic N) is 1. The largest absolute Gasteiger partial charge is 0.326 e. The van der Waals surface area contributed by atoms with Gasteiger partial charge >= 0.3 is 0 Å². The molecule has 0 heterocycles. The average Bonchev–Trinajstić information content (AvgIpc) is 2.26. The van der Waals surface area contributed by atoms with E-state index in [4.69, 9.17) is 5.73 Å². The Morgan fingerprint density at radius 3 is 2.56 bits per heavy atom. The van der Waals surface area contributed by atoms with Crippen LogP contribution >= 0.6 is 0 Å². The van der Waals surface area contributed by atoms with Crippen LogP contribution < -0.4 is 5.73 Å². The number of likely N-dealkylation sites (N-methyl/N-ethyl adjacent to an activating group) is 1. The first kappa shape index (κ1) is 14.0. The Balaban J connectivity index is 2.42. The van der Waals surface area contributed by atoms with Crippen molar-refractivity contribution in [1.29, 1.82) is 0 Å². The topological polar surface area (TPSA) is 29.3 Å². The maximum absolute atomic E-state index is 6.26. The quantitative estimate of drug-likeness (QED) is 0.781. The van der Waals surface area contributed by atoms with Gasteiger partial charge < -0.3 is 10.6 Å². The molecule has 0 aliphatic heterocycles. The number of hydrogen-bond acceptors (Lipinski definition) is 2. The van der Waals surface area contributed by atoms with Crippen LogP contribution in [0.4, 0.5) is 0 Å². The van der Waals surface area contributed by atoms with E-state index in [1.807, 2.05) is 0 Å². The molecule has 16 heavy (non-hydrogen) atoms. The highest BCUT2D eigenvalue weighted by Gasteiger charge is 2.29. The zero-order chi connectivity index (χ0) is 12.1. The van der Waals surface area contributed by atoms with E-state index in [1.165, 1.54) is 38.6 Å². The molecule has 2 N–H and O–H groups in total. The fourth-order valence-electron chi connectivity index (χ4n) is 2.76. The molecule has 0 bridgehead atoms. The van der Waals surface area contributed by atoms with E-state index in [2.05, 4.69) is 32.7 Å². The van der Waals surface area contributed by atoms with Gasteiger partial charge in [-0.25, -0.2) is 0 Å². The number of rotatable bonds is 5. The number of nitrogens with two attached hydrogens (primary N) is 1. The second-order valence-electron chi connectivity index (χ2n) is 5.98. The molecule has 1 fully saturated rings. The van der Waals surface area contributed by atoms with Crippen molar-refractivity contribution in [3.63, 3.8) is 0 Å². The molecule has 3 atom stereocenters. The zero-order valence-electron chi connectivity index (χ0n) is 11.6. The smallest absolute Gasteiger partial charge is 0.0246 e. The molecule has 96 valence electrons. The zero-order valence-corrected chi connectivity index (χ0v) is 11.6. The van der Waals surface area contributed by atoms with Crippen LogP contribution in [0.1, 0.15) is 52.9 Å². The van der Waals surface area contributed by atoms with E-state index in [0.29, 0.717) is 12.1 Å². The van der Waals surface area contributed by atoms with Crippen molar-refractivity contribution < 1.29 is 0 Å². The summed E-state index contributed by atoms with van der Waals surface area (Å²) in [4.78, 5) is 2.51. The predicted molar refractivity (Wildman–Crippen MR) is 71.5 cm³/mol. The third-order valence-electron chi connectivity index (χ3n) is 4.18. The Morgan fingerprint density at radius 2 is 2.00 bits per heavy atom. The molecule has 0 amide bonds. The first-order chi connectivity index (χ1) is 7.54. The van der Waals surface area contributed by atoms with Crippen molar-refractivity contribution in [2.75, 3.05) is 13.6 Å². The lowest BCUT2D eigenvalue weighted by Crippen LogP contribution is -2.50. The summed E-state index contributed by atoms with van der Waals surface area (Å²) in [5.41, 5.74) is 6.26. The standard InChI is InChI=1S/C14H30N2/c1-5-12-6-7-13(15)14(10-12)16(4)9-8-11(2)3/h11-14H,5-10,15H2,1-4H3. The van der Waals surface area contributed by atoms with Crippen LogP contribution in [0, 0.1) is 11.8 Å². The normalized spacial score (nSPS) is 31.3. The summed E-state index contributed by atoms with van der Waals surface area (Å²) < 4.78 is 0. The highest BCUT2D eigenvalue weighted by Crippen LogP contribution is 2.28. The van der Waals surface area contributed by atoms with E-state index in [0.717, 1.165) is 11.8 Å². The first-order valence-electron chi connectivity index (χ1n) is 7.00. The molecule has 0 aromatic carbocycles. The maximum Gasteiger partial charge on any atom is 0.0246 e. The molecule has 0 aromatic rings. The second kappa shape index (κ2) is 6.61. The van der Waals surface area contributed by atoms with Crippen molar-refractivity contribution in [2.45, 2.75) is 65.0 Å². The molecule has 1 aliphatic carbocycles. The molecule has 0 saturated heterocycles. The number of hydrogen-bond donors (Lipinski definition) is 1. The monoisotopic (exact) mass is 226 g/mol. The minimum atomic E-state index is 0.403. The van der Waals surface area contributed by atoms with E-state index in [-0.39, 0.29) is 0 Å². The Kier molecular flexibility index (Phi) is 5.77. The molecule has 2 heteroatoms. The second-order valence-corrected chi connectivity index (χ2v) is 5.98. The Bertz CT molecular complexity index is 191. The lowest BCUT2D eigenvalue weighted by Gasteiger charge is -2.39. The van der Waals surface area contributed by atoms with E-state index in [9.17, 15) is 0 Å². The molecule has 1 rings (SSSR count). The van der Waals surface area contributed by atoms with Gasteiger partial charge in [0.15, 0.2) is 0 Å². The SMILES string of the molecule is CCC1CCC(N)C(N(C)CCC(C)C)C1. The van der Waals surface area contributed by atoms with Gasteiger partial charge in [-0.1, -0.05) is 27.2 Å². The fraction of sp³-hybridized carbons (Fsp3) is 1.00. The van der Waals surface area contributed by atoms with Crippen LogP contribution in [0.25, 0.3) is 0 Å². The van der Waals surface area contributed by atoms with Gasteiger partial charge in [-0.3, -0.25) is 0 Å². The van der Waals surface area contributed by atoms with Gasteiger partial charge in [-0.2, -0.15) is 0 Å². The van der Waals surface area contributed by atoms with Crippen molar-refractivity contribution >= 4 is 0 Å². The summed E-state index contributed by atoms with van der Waals surface area (Å²) in [7, 11) is 2.25. The molecule has 0 aromatic heterocycles. The molecular formula is C14H30N2. The third kappa shape index (κ3) is 4.06. The van der Waals surface area contributed by atoms with Crippen LogP contribution in [0.2, 0.25) is 0 Å². The fourth-order valence-corrected chi connectivity index (χ4v) is 2.76. The lowest BCUT2D eigenvalue weighted by atomic mass is 9.80. The van der Waals surface area contributed by atoms with Gasteiger partial charge in [0, 0.05) is 12.1 Å². The Hall–Kier alpha value is -0.0800. The highest BCUT2D eigenvalue weighted by atomic mass is 15.1. The van der Waals surface area contributed by atoms with Crippen molar-refractivity contribution in [3.05, 3.63) is 0 Å². The lowest BCUT2D eigenvalue weighted by molar-refractivity contribution is 0.130. The van der Waals surface area contributed by atoms with E-state index in [1.54, 1.807) is 0 Å². The van der Waals surface area contributed by atoms with Crippen molar-refractivity contribution in [2.24, 2.45) is 17.6 Å². The summed E-state index contributed by atoms with van der Waals surface area (Å²) in [5, 5.41) is 0. The average molecular weight is 226 g/mol. The molecule has 1 saturated carbocycles. The van der Waals surface area contributed by atoms with E-state index < -0.39 is 0 Å². The van der Waals surface area contributed by atoms with Crippen LogP contribution in [0.3, 0.4) is 0 Å². The minimum Gasteiger partial charge on any atom is -0.326 e. The summed E-state index contributed by atoms with van der Waals surface area (Å²) in [6, 6.07) is 1.03. The predicted octanol–water partition coefficient (Wildman–Crippen LogP) is 2.87. The molecule has 1 aliphatic rings. The van der Waals surface area contributed by atoms with E-state index >= 15 is 0 Å². The van der Waals surface area contributed by atoms with Crippen LogP contribution in [-0.4, -0.2) is 30.6 Å². The van der Waals surface area contributed by atoms with Crippen molar-refractivity contribution in [3.8, 4) is 0 Å². The third-order valence-corrected chi connectivity index (χ3v) is 4.18. The summed E-state index contributed by atoms with van der Waals surface area (Å²) in [6.45, 7) is 8.10. The van der Waals surface area contributed by atoms with Gasteiger partial charge in [0.05, 0.1) is 0 Å². The molecule has 2 nitrogen and oxygen atoms in total. The first-order valence-corrected chi connectivity index (χ1v) is 7.00. The van der Waals surface area contributed by atoms with Crippen LogP contribution in [0.15, 0.2) is 0 Å². The molecule has 3 unspecified atom stereocenters. The summed E-state index contributed by atoms with van der Waals surface area (Å²) >= 11 is 0. The van der Waals surface area contributed by atoms with Gasteiger partial charge in [0.25, 0.3) is 0 Å². The minimum absolute atomic E-state index is 0.403. The maximum atomic E-state index is 6.26. The molecular weight excluding hydrogens is 196 g/mol. The molecule has 0 radical (unpaired) electrons. The molecule has 0 spiro atoms. The van der Waals surface area contributed by atoms with Crippen LogP contribution in [-0.2, 0) is 0 Å². The van der Waals surface area contributed by atoms with Gasteiger partial charge in [-0.15, -0.1) is 0 Å².